The first kappa shape index (κ1) is 20.9. The van der Waals surface area contributed by atoms with Crippen LogP contribution in [0.4, 0.5) is 5.69 Å². The van der Waals surface area contributed by atoms with Gasteiger partial charge in [-0.15, -0.1) is 0 Å². The third kappa shape index (κ3) is 5.83. The number of aromatic amines is 2. The molecule has 9 heteroatoms. The molecule has 3 rings (SSSR count). The number of benzene rings is 1. The van der Waals surface area contributed by atoms with Crippen molar-refractivity contribution in [3.8, 4) is 0 Å². The fourth-order valence-corrected chi connectivity index (χ4v) is 4.10. The van der Waals surface area contributed by atoms with E-state index in [0.29, 0.717) is 23.4 Å². The van der Waals surface area contributed by atoms with Gasteiger partial charge in [-0.1, -0.05) is 12.1 Å². The van der Waals surface area contributed by atoms with E-state index in [1.54, 1.807) is 19.1 Å². The molecular weight excluding hydrogens is 392 g/mol. The number of nitrogens with one attached hydrogen (secondary N) is 3. The molecule has 0 saturated carbocycles. The molecular formula is C20H24N4O4S. The van der Waals surface area contributed by atoms with E-state index in [2.05, 4.69) is 15.3 Å². The molecule has 0 aliphatic carbocycles. The Morgan fingerprint density at radius 1 is 1.10 bits per heavy atom. The highest BCUT2D eigenvalue weighted by Crippen LogP contribution is 2.14. The highest BCUT2D eigenvalue weighted by Gasteiger charge is 2.17. The van der Waals surface area contributed by atoms with Gasteiger partial charge in [-0.2, -0.15) is 11.8 Å². The number of thioether (sulfide) groups is 1. The summed E-state index contributed by atoms with van der Waals surface area (Å²) < 4.78 is 0. The van der Waals surface area contributed by atoms with Crippen molar-refractivity contribution in [3.05, 3.63) is 61.9 Å². The molecule has 1 fully saturated rings. The second-order valence-electron chi connectivity index (χ2n) is 6.93. The molecule has 1 aliphatic rings. The Morgan fingerprint density at radius 3 is 2.45 bits per heavy atom. The number of rotatable bonds is 6. The van der Waals surface area contributed by atoms with E-state index in [4.69, 9.17) is 0 Å². The molecule has 29 heavy (non-hydrogen) atoms. The minimum Gasteiger partial charge on any atom is -0.341 e. The Bertz CT molecular complexity index is 991. The molecule has 154 valence electrons. The molecule has 1 aromatic heterocycles. The average molecular weight is 417 g/mol. The van der Waals surface area contributed by atoms with Gasteiger partial charge in [0.05, 0.1) is 6.42 Å². The van der Waals surface area contributed by atoms with Crippen LogP contribution in [0.1, 0.15) is 23.2 Å². The van der Waals surface area contributed by atoms with Crippen LogP contribution >= 0.6 is 11.8 Å². The van der Waals surface area contributed by atoms with Gasteiger partial charge in [0, 0.05) is 48.0 Å². The van der Waals surface area contributed by atoms with Crippen molar-refractivity contribution in [2.45, 2.75) is 26.2 Å². The summed E-state index contributed by atoms with van der Waals surface area (Å²) >= 11 is 1.87. The number of nitrogens with zero attached hydrogens (tertiary/aromatic N) is 1. The predicted molar refractivity (Wildman–Crippen MR) is 113 cm³/mol. The fourth-order valence-electron chi connectivity index (χ4n) is 3.19. The quantitative estimate of drug-likeness (QED) is 0.651. The van der Waals surface area contributed by atoms with Crippen LogP contribution in [0.25, 0.3) is 0 Å². The van der Waals surface area contributed by atoms with Crippen LogP contribution < -0.4 is 16.6 Å². The molecule has 2 heterocycles. The number of carbonyl (C=O) groups excluding carboxylic acids is 2. The fraction of sp³-hybridized carbons (Fsp3) is 0.400. The molecule has 0 bridgehead atoms. The van der Waals surface area contributed by atoms with Crippen LogP contribution in [-0.2, 0) is 22.4 Å². The molecule has 0 unspecified atom stereocenters. The molecule has 3 N–H and O–H groups in total. The van der Waals surface area contributed by atoms with E-state index in [-0.39, 0.29) is 24.7 Å². The number of amides is 2. The maximum absolute atomic E-state index is 12.3. The topological polar surface area (TPSA) is 115 Å². The standard InChI is InChI=1S/C20H24N4O4S/c1-13-16(19(27)23-20(28)21-13)6-7-17(25)22-15-4-2-14(3-5-15)12-18(26)24-8-10-29-11-9-24/h2-5H,6-12H2,1H3,(H,22,25)(H2,21,23,27,28). The first-order chi connectivity index (χ1) is 13.9. The Balaban J connectivity index is 1.51. The second kappa shape index (κ2) is 9.60. The van der Waals surface area contributed by atoms with Gasteiger partial charge < -0.3 is 15.2 Å². The zero-order valence-corrected chi connectivity index (χ0v) is 17.1. The van der Waals surface area contributed by atoms with Gasteiger partial charge in [-0.3, -0.25) is 19.4 Å². The lowest BCUT2D eigenvalue weighted by Crippen LogP contribution is -2.38. The Hall–Kier alpha value is -2.81. The Morgan fingerprint density at radius 2 is 1.79 bits per heavy atom. The number of aryl methyl sites for hydroxylation is 1. The van der Waals surface area contributed by atoms with E-state index in [0.717, 1.165) is 30.2 Å². The van der Waals surface area contributed by atoms with Gasteiger partial charge in [-0.25, -0.2) is 4.79 Å². The SMILES string of the molecule is Cc1[nH]c(=O)[nH]c(=O)c1CCC(=O)Nc1ccc(CC(=O)N2CCSCC2)cc1. The summed E-state index contributed by atoms with van der Waals surface area (Å²) in [5.74, 6) is 1.87. The average Bonchev–Trinajstić information content (AvgIpc) is 2.69. The van der Waals surface area contributed by atoms with E-state index in [1.165, 1.54) is 0 Å². The molecule has 0 radical (unpaired) electrons. The summed E-state index contributed by atoms with van der Waals surface area (Å²) in [6.45, 7) is 3.23. The van der Waals surface area contributed by atoms with Crippen LogP contribution in [0.5, 0.6) is 0 Å². The van der Waals surface area contributed by atoms with Gasteiger partial charge in [0.1, 0.15) is 0 Å². The minimum atomic E-state index is -0.557. The normalized spacial score (nSPS) is 13.9. The van der Waals surface area contributed by atoms with Crippen molar-refractivity contribution in [1.29, 1.82) is 0 Å². The zero-order chi connectivity index (χ0) is 20.8. The van der Waals surface area contributed by atoms with Crippen LogP contribution in [0.2, 0.25) is 0 Å². The van der Waals surface area contributed by atoms with Crippen molar-refractivity contribution in [2.24, 2.45) is 0 Å². The van der Waals surface area contributed by atoms with Gasteiger partial charge in [0.2, 0.25) is 11.8 Å². The molecule has 8 nitrogen and oxygen atoms in total. The largest absolute Gasteiger partial charge is 0.341 e. The van der Waals surface area contributed by atoms with Gasteiger partial charge >= 0.3 is 5.69 Å². The summed E-state index contributed by atoms with van der Waals surface area (Å²) in [6, 6.07) is 7.21. The summed E-state index contributed by atoms with van der Waals surface area (Å²) in [5.41, 5.74) is 1.37. The second-order valence-corrected chi connectivity index (χ2v) is 8.15. The zero-order valence-electron chi connectivity index (χ0n) is 16.2. The van der Waals surface area contributed by atoms with Crippen LogP contribution in [0, 0.1) is 6.92 Å². The van der Waals surface area contributed by atoms with Crippen molar-refractivity contribution in [2.75, 3.05) is 29.9 Å². The highest BCUT2D eigenvalue weighted by molar-refractivity contribution is 7.99. The van der Waals surface area contributed by atoms with Gasteiger partial charge in [0.15, 0.2) is 0 Å². The summed E-state index contributed by atoms with van der Waals surface area (Å²) in [7, 11) is 0. The monoisotopic (exact) mass is 416 g/mol. The molecule has 1 aliphatic heterocycles. The van der Waals surface area contributed by atoms with Gasteiger partial charge in [0.25, 0.3) is 5.56 Å². The minimum absolute atomic E-state index is 0.114. The summed E-state index contributed by atoms with van der Waals surface area (Å²) in [6.07, 6.45) is 0.695. The van der Waals surface area contributed by atoms with Crippen molar-refractivity contribution < 1.29 is 9.59 Å². The van der Waals surface area contributed by atoms with Crippen molar-refractivity contribution in [1.82, 2.24) is 14.9 Å². The maximum atomic E-state index is 12.3. The van der Waals surface area contributed by atoms with Crippen LogP contribution in [-0.4, -0.2) is 51.3 Å². The van der Waals surface area contributed by atoms with Crippen LogP contribution in [0.3, 0.4) is 0 Å². The van der Waals surface area contributed by atoms with Gasteiger partial charge in [-0.05, 0) is 31.0 Å². The number of hydrogen-bond donors (Lipinski definition) is 3. The Kier molecular flexibility index (Phi) is 6.92. The number of H-pyrrole nitrogens is 2. The van der Waals surface area contributed by atoms with Crippen molar-refractivity contribution in [3.63, 3.8) is 0 Å². The summed E-state index contributed by atoms with van der Waals surface area (Å²) in [5, 5.41) is 2.79. The Labute approximate surface area is 172 Å². The third-order valence-corrected chi connectivity index (χ3v) is 5.76. The number of hydrogen-bond acceptors (Lipinski definition) is 5. The number of anilines is 1. The predicted octanol–water partition coefficient (Wildman–Crippen LogP) is 1.06. The number of aromatic nitrogens is 2. The molecule has 2 amide bonds. The first-order valence-electron chi connectivity index (χ1n) is 9.49. The van der Waals surface area contributed by atoms with E-state index < -0.39 is 11.2 Å². The lowest BCUT2D eigenvalue weighted by atomic mass is 10.1. The molecule has 0 atom stereocenters. The molecule has 1 saturated heterocycles. The highest BCUT2D eigenvalue weighted by atomic mass is 32.2. The smallest absolute Gasteiger partial charge is 0.325 e. The van der Waals surface area contributed by atoms with E-state index >= 15 is 0 Å². The summed E-state index contributed by atoms with van der Waals surface area (Å²) in [4.78, 5) is 54.1. The molecule has 0 spiro atoms. The molecule has 2 aromatic rings. The van der Waals surface area contributed by atoms with Crippen LogP contribution in [0.15, 0.2) is 33.9 Å². The lowest BCUT2D eigenvalue weighted by Gasteiger charge is -2.26. The maximum Gasteiger partial charge on any atom is 0.325 e. The molecule has 1 aromatic carbocycles. The van der Waals surface area contributed by atoms with E-state index in [9.17, 15) is 19.2 Å². The van der Waals surface area contributed by atoms with Crippen molar-refractivity contribution >= 4 is 29.3 Å². The third-order valence-electron chi connectivity index (χ3n) is 4.81. The number of carbonyl (C=O) groups is 2. The first-order valence-corrected chi connectivity index (χ1v) is 10.6. The lowest BCUT2D eigenvalue weighted by molar-refractivity contribution is -0.130. The van der Waals surface area contributed by atoms with E-state index in [1.807, 2.05) is 28.8 Å².